The van der Waals surface area contributed by atoms with E-state index in [0.717, 1.165) is 51.5 Å². The van der Waals surface area contributed by atoms with Crippen LogP contribution in [0.25, 0.3) is 0 Å². The molecule has 1 unspecified atom stereocenters. The van der Waals surface area contributed by atoms with Gasteiger partial charge in [0.2, 0.25) is 5.91 Å². The van der Waals surface area contributed by atoms with E-state index in [1.165, 1.54) is 12.8 Å². The molecule has 1 amide bonds. The Morgan fingerprint density at radius 1 is 1.32 bits per heavy atom. The van der Waals surface area contributed by atoms with Crippen molar-refractivity contribution in [3.8, 4) is 0 Å². The third-order valence-electron chi connectivity index (χ3n) is 5.06. The summed E-state index contributed by atoms with van der Waals surface area (Å²) in [7, 11) is 0. The Morgan fingerprint density at radius 3 is 2.95 bits per heavy atom. The van der Waals surface area contributed by atoms with Gasteiger partial charge in [0.15, 0.2) is 0 Å². The minimum absolute atomic E-state index is 0.229. The average Bonchev–Trinajstić information content (AvgIpc) is 3.12. The summed E-state index contributed by atoms with van der Waals surface area (Å²) in [6.45, 7) is 5.96. The molecule has 0 aliphatic carbocycles. The van der Waals surface area contributed by atoms with Crippen LogP contribution in [0.5, 0.6) is 0 Å². The molecule has 120 valence electrons. The number of nitrogens with zero attached hydrogens (tertiary/aromatic N) is 4. The lowest BCUT2D eigenvalue weighted by Gasteiger charge is -2.41. The van der Waals surface area contributed by atoms with Gasteiger partial charge in [-0.25, -0.2) is 0 Å². The molecule has 6 nitrogen and oxygen atoms in total. The van der Waals surface area contributed by atoms with Gasteiger partial charge in [0.05, 0.1) is 24.5 Å². The van der Waals surface area contributed by atoms with Crippen molar-refractivity contribution in [3.63, 3.8) is 0 Å². The van der Waals surface area contributed by atoms with Gasteiger partial charge >= 0.3 is 0 Å². The lowest BCUT2D eigenvalue weighted by molar-refractivity contribution is -0.117. The van der Waals surface area contributed by atoms with Crippen LogP contribution in [0.15, 0.2) is 12.4 Å². The molecule has 0 radical (unpaired) electrons. The highest BCUT2D eigenvalue weighted by molar-refractivity contribution is 5.95. The van der Waals surface area contributed by atoms with Gasteiger partial charge in [-0.1, -0.05) is 0 Å². The van der Waals surface area contributed by atoms with Gasteiger partial charge in [0.1, 0.15) is 0 Å². The van der Waals surface area contributed by atoms with E-state index >= 15 is 0 Å². The number of likely N-dealkylation sites (tertiary alicyclic amines) is 1. The first-order valence-electron chi connectivity index (χ1n) is 8.44. The van der Waals surface area contributed by atoms with Gasteiger partial charge in [0.25, 0.3) is 0 Å². The number of hydrogen-bond donors (Lipinski definition) is 0. The molecule has 1 atom stereocenters. The van der Waals surface area contributed by atoms with E-state index < -0.39 is 0 Å². The van der Waals surface area contributed by atoms with Crippen molar-refractivity contribution >= 4 is 11.6 Å². The molecule has 1 aromatic rings. The maximum atomic E-state index is 11.8. The third-order valence-corrected chi connectivity index (χ3v) is 5.06. The Morgan fingerprint density at radius 2 is 2.23 bits per heavy atom. The number of anilines is 1. The fraction of sp³-hybridized carbons (Fsp3) is 0.750. The van der Waals surface area contributed by atoms with E-state index in [1.807, 2.05) is 22.0 Å². The largest absolute Gasteiger partial charge is 0.381 e. The Bertz CT molecular complexity index is 532. The molecule has 3 aliphatic rings. The Labute approximate surface area is 131 Å². The number of ether oxygens (including phenoxy) is 1. The molecule has 0 spiro atoms. The first kappa shape index (κ1) is 14.2. The summed E-state index contributed by atoms with van der Waals surface area (Å²) in [5, 5.41) is 4.47. The van der Waals surface area contributed by atoms with Crippen molar-refractivity contribution in [1.82, 2.24) is 14.7 Å². The highest BCUT2D eigenvalue weighted by atomic mass is 16.5. The van der Waals surface area contributed by atoms with Gasteiger partial charge in [-0.2, -0.15) is 5.10 Å². The fourth-order valence-electron chi connectivity index (χ4n) is 3.76. The standard InChI is InChI=1S/C16H24N4O2/c21-16-4-1-5-19(16)14-7-17-20(11-14)15-9-18(10-15)8-13-3-2-6-22-12-13/h7,11,13,15H,1-6,8-10,12H2. The molecule has 4 rings (SSSR count). The first-order chi connectivity index (χ1) is 10.8. The summed E-state index contributed by atoms with van der Waals surface area (Å²) in [6.07, 6.45) is 8.00. The van der Waals surface area contributed by atoms with Crippen molar-refractivity contribution in [1.29, 1.82) is 0 Å². The minimum atomic E-state index is 0.229. The first-order valence-corrected chi connectivity index (χ1v) is 8.44. The van der Waals surface area contributed by atoms with Gasteiger partial charge in [-0.05, 0) is 25.2 Å². The summed E-state index contributed by atoms with van der Waals surface area (Å²) < 4.78 is 7.59. The second-order valence-corrected chi connectivity index (χ2v) is 6.78. The number of carbonyl (C=O) groups excluding carboxylic acids is 1. The van der Waals surface area contributed by atoms with Crippen LogP contribution in [-0.2, 0) is 9.53 Å². The topological polar surface area (TPSA) is 50.6 Å². The molecule has 0 bridgehead atoms. The van der Waals surface area contributed by atoms with Crippen LogP contribution in [-0.4, -0.2) is 60.0 Å². The van der Waals surface area contributed by atoms with Gasteiger partial charge in [-0.3, -0.25) is 14.4 Å². The molecule has 3 aliphatic heterocycles. The smallest absolute Gasteiger partial charge is 0.227 e. The van der Waals surface area contributed by atoms with Crippen molar-refractivity contribution in [2.24, 2.45) is 5.92 Å². The van der Waals surface area contributed by atoms with Crippen LogP contribution in [0.3, 0.4) is 0 Å². The van der Waals surface area contributed by atoms with Crippen LogP contribution >= 0.6 is 0 Å². The molecule has 3 fully saturated rings. The highest BCUT2D eigenvalue weighted by Gasteiger charge is 2.32. The van der Waals surface area contributed by atoms with Gasteiger partial charge in [-0.15, -0.1) is 0 Å². The van der Waals surface area contributed by atoms with Crippen LogP contribution in [0.2, 0.25) is 0 Å². The number of amides is 1. The van der Waals surface area contributed by atoms with Crippen molar-refractivity contribution in [2.45, 2.75) is 31.7 Å². The molecule has 0 N–H and O–H groups in total. The summed E-state index contributed by atoms with van der Waals surface area (Å²) in [5.41, 5.74) is 0.960. The van der Waals surface area contributed by atoms with Crippen molar-refractivity contribution < 1.29 is 9.53 Å². The Hall–Kier alpha value is -1.40. The second kappa shape index (κ2) is 6.01. The van der Waals surface area contributed by atoms with E-state index in [0.29, 0.717) is 18.4 Å². The number of rotatable bonds is 4. The van der Waals surface area contributed by atoms with Crippen LogP contribution in [0.1, 0.15) is 31.7 Å². The molecule has 0 saturated carbocycles. The average molecular weight is 304 g/mol. The SMILES string of the molecule is O=C1CCCN1c1cnn(C2CN(CC3CCCOC3)C2)c1. The van der Waals surface area contributed by atoms with Gasteiger partial charge < -0.3 is 9.64 Å². The Balaban J connectivity index is 1.29. The zero-order chi connectivity index (χ0) is 14.9. The van der Waals surface area contributed by atoms with Crippen molar-refractivity contribution in [3.05, 3.63) is 12.4 Å². The lowest BCUT2D eigenvalue weighted by Crippen LogP contribution is -2.50. The zero-order valence-electron chi connectivity index (χ0n) is 13.0. The third kappa shape index (κ3) is 2.77. The van der Waals surface area contributed by atoms with E-state index in [9.17, 15) is 4.79 Å². The van der Waals surface area contributed by atoms with Crippen LogP contribution in [0, 0.1) is 5.92 Å². The van der Waals surface area contributed by atoms with Crippen LogP contribution in [0.4, 0.5) is 5.69 Å². The fourth-order valence-corrected chi connectivity index (χ4v) is 3.76. The quantitative estimate of drug-likeness (QED) is 0.841. The number of aromatic nitrogens is 2. The number of carbonyl (C=O) groups is 1. The summed E-state index contributed by atoms with van der Waals surface area (Å²) in [4.78, 5) is 16.1. The molecule has 4 heterocycles. The molecular formula is C16H24N4O2. The molecule has 22 heavy (non-hydrogen) atoms. The lowest BCUT2D eigenvalue weighted by atomic mass is 9.99. The van der Waals surface area contributed by atoms with E-state index in [1.54, 1.807) is 0 Å². The minimum Gasteiger partial charge on any atom is -0.381 e. The number of hydrogen-bond acceptors (Lipinski definition) is 4. The second-order valence-electron chi connectivity index (χ2n) is 6.78. The molecule has 0 aromatic carbocycles. The summed E-state index contributed by atoms with van der Waals surface area (Å²) in [6, 6.07) is 0.455. The Kier molecular flexibility index (Phi) is 3.88. The zero-order valence-corrected chi connectivity index (χ0v) is 13.0. The summed E-state index contributed by atoms with van der Waals surface area (Å²) >= 11 is 0. The highest BCUT2D eigenvalue weighted by Crippen LogP contribution is 2.27. The van der Waals surface area contributed by atoms with Crippen molar-refractivity contribution in [2.75, 3.05) is 44.3 Å². The maximum absolute atomic E-state index is 11.8. The molecule has 3 saturated heterocycles. The van der Waals surface area contributed by atoms with Gasteiger partial charge in [0, 0.05) is 45.4 Å². The predicted molar refractivity (Wildman–Crippen MR) is 82.8 cm³/mol. The predicted octanol–water partition coefficient (Wildman–Crippen LogP) is 1.29. The summed E-state index contributed by atoms with van der Waals surface area (Å²) in [5.74, 6) is 0.928. The molecule has 1 aromatic heterocycles. The maximum Gasteiger partial charge on any atom is 0.227 e. The van der Waals surface area contributed by atoms with E-state index in [4.69, 9.17) is 4.74 Å². The monoisotopic (exact) mass is 304 g/mol. The van der Waals surface area contributed by atoms with E-state index in [-0.39, 0.29) is 5.91 Å². The normalized spacial score (nSPS) is 27.4. The van der Waals surface area contributed by atoms with Crippen LogP contribution < -0.4 is 4.90 Å². The molecule has 6 heteroatoms. The van der Waals surface area contributed by atoms with E-state index in [2.05, 4.69) is 10.00 Å². The molecular weight excluding hydrogens is 280 g/mol.